The Hall–Kier alpha value is -2.40. The van der Waals surface area contributed by atoms with Gasteiger partial charge in [-0.05, 0) is 46.1 Å². The number of benzene rings is 1. The van der Waals surface area contributed by atoms with Crippen LogP contribution in [0.15, 0.2) is 58.7 Å². The summed E-state index contributed by atoms with van der Waals surface area (Å²) in [6.07, 6.45) is 3.37. The zero-order valence-electron chi connectivity index (χ0n) is 18.0. The SMILES string of the molecule is C/C=C(\C)O.C=C(C)C.CC.Cc1nnc(C(N)CCc2ccccc2)o1. The Balaban J connectivity index is 0. The normalized spacial score (nSPS) is 10.9. The molecule has 1 aromatic heterocycles. The molecule has 2 rings (SSSR count). The Bertz CT molecular complexity index is 626. The van der Waals surface area contributed by atoms with Crippen molar-refractivity contribution in [1.29, 1.82) is 0 Å². The first-order chi connectivity index (χ1) is 12.8. The number of aliphatic hydroxyl groups is 1. The summed E-state index contributed by atoms with van der Waals surface area (Å²) in [4.78, 5) is 0. The van der Waals surface area contributed by atoms with Crippen molar-refractivity contribution in [3.8, 4) is 0 Å². The molecule has 1 atom stereocenters. The average Bonchev–Trinajstić information content (AvgIpc) is 3.09. The van der Waals surface area contributed by atoms with E-state index in [2.05, 4.69) is 28.9 Å². The molecule has 5 nitrogen and oxygen atoms in total. The van der Waals surface area contributed by atoms with Crippen molar-refractivity contribution in [2.24, 2.45) is 5.73 Å². The van der Waals surface area contributed by atoms with Crippen LogP contribution < -0.4 is 5.73 Å². The fourth-order valence-corrected chi connectivity index (χ4v) is 1.55. The number of nitrogens with two attached hydrogens (primary N) is 1. The summed E-state index contributed by atoms with van der Waals surface area (Å²) in [5.74, 6) is 1.46. The van der Waals surface area contributed by atoms with Gasteiger partial charge < -0.3 is 15.3 Å². The van der Waals surface area contributed by atoms with Crippen LogP contribution in [0.4, 0.5) is 0 Å². The van der Waals surface area contributed by atoms with E-state index in [1.54, 1.807) is 26.8 Å². The molecule has 0 fully saturated rings. The van der Waals surface area contributed by atoms with Crippen molar-refractivity contribution < 1.29 is 9.52 Å². The molecule has 0 aliphatic rings. The second kappa shape index (κ2) is 17.0. The van der Waals surface area contributed by atoms with Crippen molar-refractivity contribution >= 4 is 0 Å². The Kier molecular flexibility index (Phi) is 16.9. The van der Waals surface area contributed by atoms with Crippen molar-refractivity contribution in [3.63, 3.8) is 0 Å². The number of hydrogen-bond donors (Lipinski definition) is 2. The molecule has 27 heavy (non-hydrogen) atoms. The van der Waals surface area contributed by atoms with E-state index in [-0.39, 0.29) is 6.04 Å². The summed E-state index contributed by atoms with van der Waals surface area (Å²) in [7, 11) is 0. The minimum Gasteiger partial charge on any atom is -0.513 e. The lowest BCUT2D eigenvalue weighted by molar-refractivity contribution is 0.413. The predicted molar refractivity (Wildman–Crippen MR) is 115 cm³/mol. The third-order valence-corrected chi connectivity index (χ3v) is 2.86. The molecule has 152 valence electrons. The Morgan fingerprint density at radius 3 is 2.04 bits per heavy atom. The highest BCUT2D eigenvalue weighted by molar-refractivity contribution is 5.15. The van der Waals surface area contributed by atoms with E-state index in [1.807, 2.05) is 45.9 Å². The maximum Gasteiger partial charge on any atom is 0.233 e. The van der Waals surface area contributed by atoms with Gasteiger partial charge in [0.25, 0.3) is 0 Å². The van der Waals surface area contributed by atoms with Gasteiger partial charge in [-0.1, -0.05) is 55.8 Å². The summed E-state index contributed by atoms with van der Waals surface area (Å²) in [6.45, 7) is 16.7. The quantitative estimate of drug-likeness (QED) is 0.499. The molecule has 0 aliphatic carbocycles. The summed E-state index contributed by atoms with van der Waals surface area (Å²) in [5, 5.41) is 15.9. The zero-order valence-corrected chi connectivity index (χ0v) is 18.0. The molecule has 0 bridgehead atoms. The van der Waals surface area contributed by atoms with Gasteiger partial charge in [0, 0.05) is 6.92 Å². The molecule has 0 saturated carbocycles. The molecule has 0 saturated heterocycles. The lowest BCUT2D eigenvalue weighted by Gasteiger charge is -2.06. The van der Waals surface area contributed by atoms with Crippen molar-refractivity contribution in [2.75, 3.05) is 0 Å². The van der Waals surface area contributed by atoms with Crippen molar-refractivity contribution in [3.05, 3.63) is 71.7 Å². The van der Waals surface area contributed by atoms with Gasteiger partial charge >= 0.3 is 0 Å². The number of allylic oxidation sites excluding steroid dienone is 3. The Morgan fingerprint density at radius 1 is 1.19 bits per heavy atom. The van der Waals surface area contributed by atoms with Gasteiger partial charge in [0.05, 0.1) is 11.8 Å². The largest absolute Gasteiger partial charge is 0.513 e. The van der Waals surface area contributed by atoms with Gasteiger partial charge in [-0.2, -0.15) is 0 Å². The van der Waals surface area contributed by atoms with Gasteiger partial charge in [-0.15, -0.1) is 16.8 Å². The molecule has 1 heterocycles. The van der Waals surface area contributed by atoms with E-state index in [0.717, 1.165) is 12.8 Å². The first kappa shape index (κ1) is 26.8. The van der Waals surface area contributed by atoms with Crippen LogP contribution in [0, 0.1) is 6.92 Å². The molecule has 1 unspecified atom stereocenters. The molecule has 0 radical (unpaired) electrons. The van der Waals surface area contributed by atoms with Crippen LogP contribution in [0.25, 0.3) is 0 Å². The molecule has 2 aromatic rings. The zero-order chi connectivity index (χ0) is 21.2. The fourth-order valence-electron chi connectivity index (χ4n) is 1.55. The van der Waals surface area contributed by atoms with Crippen LogP contribution in [-0.4, -0.2) is 15.3 Å². The predicted octanol–water partition coefficient (Wildman–Crippen LogP) is 6.09. The first-order valence-corrected chi connectivity index (χ1v) is 9.29. The van der Waals surface area contributed by atoms with E-state index in [4.69, 9.17) is 15.3 Å². The number of aryl methyl sites for hydroxylation is 2. The molecule has 3 N–H and O–H groups in total. The van der Waals surface area contributed by atoms with Gasteiger partial charge in [-0.3, -0.25) is 0 Å². The van der Waals surface area contributed by atoms with E-state index >= 15 is 0 Å². The van der Waals surface area contributed by atoms with Crippen LogP contribution in [0.1, 0.15) is 71.3 Å². The minimum atomic E-state index is -0.179. The van der Waals surface area contributed by atoms with E-state index < -0.39 is 0 Å². The van der Waals surface area contributed by atoms with Crippen LogP contribution in [0.2, 0.25) is 0 Å². The van der Waals surface area contributed by atoms with E-state index in [1.165, 1.54) is 11.1 Å². The average molecular weight is 376 g/mol. The van der Waals surface area contributed by atoms with Crippen LogP contribution >= 0.6 is 0 Å². The fraction of sp³-hybridized carbons (Fsp3) is 0.455. The van der Waals surface area contributed by atoms with Crippen molar-refractivity contribution in [1.82, 2.24) is 10.2 Å². The van der Waals surface area contributed by atoms with Gasteiger partial charge in [-0.25, -0.2) is 0 Å². The molecule has 0 aliphatic heterocycles. The lowest BCUT2D eigenvalue weighted by atomic mass is 10.1. The minimum absolute atomic E-state index is 0.179. The lowest BCUT2D eigenvalue weighted by Crippen LogP contribution is -2.11. The van der Waals surface area contributed by atoms with Gasteiger partial charge in [0.2, 0.25) is 11.8 Å². The maximum absolute atomic E-state index is 8.22. The number of rotatable bonds is 4. The summed E-state index contributed by atoms with van der Waals surface area (Å²) >= 11 is 0. The molecule has 5 heteroatoms. The highest BCUT2D eigenvalue weighted by Crippen LogP contribution is 2.15. The summed E-state index contributed by atoms with van der Waals surface area (Å²) in [5.41, 5.74) is 8.40. The number of nitrogens with zero attached hydrogens (tertiary/aromatic N) is 2. The van der Waals surface area contributed by atoms with Crippen LogP contribution in [-0.2, 0) is 6.42 Å². The third kappa shape index (κ3) is 16.8. The second-order valence-electron chi connectivity index (χ2n) is 5.93. The van der Waals surface area contributed by atoms with Crippen LogP contribution in [0.5, 0.6) is 0 Å². The topological polar surface area (TPSA) is 85.2 Å². The smallest absolute Gasteiger partial charge is 0.233 e. The first-order valence-electron chi connectivity index (χ1n) is 9.29. The number of hydrogen-bond acceptors (Lipinski definition) is 5. The third-order valence-electron chi connectivity index (χ3n) is 2.86. The number of aromatic nitrogens is 2. The molecule has 0 spiro atoms. The second-order valence-corrected chi connectivity index (χ2v) is 5.93. The molecule has 0 amide bonds. The maximum atomic E-state index is 8.22. The van der Waals surface area contributed by atoms with Gasteiger partial charge in [0.15, 0.2) is 0 Å². The van der Waals surface area contributed by atoms with E-state index in [0.29, 0.717) is 17.5 Å². The van der Waals surface area contributed by atoms with Crippen LogP contribution in [0.3, 0.4) is 0 Å². The monoisotopic (exact) mass is 375 g/mol. The Morgan fingerprint density at radius 2 is 1.67 bits per heavy atom. The van der Waals surface area contributed by atoms with Gasteiger partial charge in [0.1, 0.15) is 0 Å². The van der Waals surface area contributed by atoms with E-state index in [9.17, 15) is 0 Å². The van der Waals surface area contributed by atoms with Crippen molar-refractivity contribution in [2.45, 2.75) is 67.3 Å². The summed E-state index contributed by atoms with van der Waals surface area (Å²) < 4.78 is 5.29. The molecule has 1 aromatic carbocycles. The molecular formula is C22H37N3O2. The number of aliphatic hydroxyl groups excluding tert-OH is 1. The standard InChI is InChI=1S/C12H15N3O.C4H8O.C4H8.C2H6/c1-9-14-15-12(16-9)11(13)8-7-10-5-3-2-4-6-10;1-3-4(2)5;1-4(2)3;1-2/h2-6,11H,7-8,13H2,1H3;3,5H,1-2H3;1H2,2-3H3;1-2H3/b;4-3+;;. The Labute approximate surface area is 165 Å². The molecular weight excluding hydrogens is 338 g/mol. The highest BCUT2D eigenvalue weighted by Gasteiger charge is 2.12. The summed E-state index contributed by atoms with van der Waals surface area (Å²) in [6, 6.07) is 10.1. The highest BCUT2D eigenvalue weighted by atomic mass is 16.4.